The van der Waals surface area contributed by atoms with E-state index in [1.54, 1.807) is 18.3 Å². The highest BCUT2D eigenvalue weighted by atomic mass is 35.5. The third kappa shape index (κ3) is 2.20. The van der Waals surface area contributed by atoms with Gasteiger partial charge in [-0.15, -0.1) is 11.3 Å². The van der Waals surface area contributed by atoms with E-state index in [1.807, 2.05) is 23.6 Å². The van der Waals surface area contributed by atoms with Crippen LogP contribution in [0.5, 0.6) is 0 Å². The van der Waals surface area contributed by atoms with Gasteiger partial charge in [-0.25, -0.2) is 0 Å². The molecule has 2 aromatic rings. The number of halogens is 1. The van der Waals surface area contributed by atoms with E-state index in [-0.39, 0.29) is 5.92 Å². The summed E-state index contributed by atoms with van der Waals surface area (Å²) in [4.78, 5) is 10.8. The SMILES string of the molecule is CC(Cc1csc2ccc(Cl)cc12)C(=O)O. The average Bonchev–Trinajstić information content (AvgIpc) is 2.61. The predicted molar refractivity (Wildman–Crippen MR) is 67.3 cm³/mol. The molecule has 0 saturated heterocycles. The van der Waals surface area contributed by atoms with Gasteiger partial charge in [0.25, 0.3) is 0 Å². The Morgan fingerprint density at radius 2 is 2.31 bits per heavy atom. The van der Waals surface area contributed by atoms with Crippen LogP contribution in [0.25, 0.3) is 10.1 Å². The molecule has 0 bridgehead atoms. The van der Waals surface area contributed by atoms with E-state index in [0.717, 1.165) is 15.6 Å². The van der Waals surface area contributed by atoms with Crippen molar-refractivity contribution in [1.29, 1.82) is 0 Å². The first-order valence-electron chi connectivity index (χ1n) is 4.96. The molecule has 0 fully saturated rings. The summed E-state index contributed by atoms with van der Waals surface area (Å²) in [5, 5.41) is 12.7. The van der Waals surface area contributed by atoms with Gasteiger partial charge >= 0.3 is 5.97 Å². The van der Waals surface area contributed by atoms with Gasteiger partial charge in [-0.3, -0.25) is 4.79 Å². The first-order chi connectivity index (χ1) is 7.58. The second-order valence-corrected chi connectivity index (χ2v) is 5.19. The van der Waals surface area contributed by atoms with Crippen LogP contribution in [0.3, 0.4) is 0 Å². The van der Waals surface area contributed by atoms with Crippen LogP contribution in [0.15, 0.2) is 23.6 Å². The molecule has 0 spiro atoms. The summed E-state index contributed by atoms with van der Waals surface area (Å²) in [6, 6.07) is 5.72. The van der Waals surface area contributed by atoms with Crippen LogP contribution in [0.1, 0.15) is 12.5 Å². The number of benzene rings is 1. The molecule has 84 valence electrons. The molecule has 1 aromatic heterocycles. The van der Waals surface area contributed by atoms with Crippen molar-refractivity contribution in [3.05, 3.63) is 34.2 Å². The van der Waals surface area contributed by atoms with Gasteiger partial charge in [0.15, 0.2) is 0 Å². The lowest BCUT2D eigenvalue weighted by Gasteiger charge is -2.04. The second kappa shape index (κ2) is 4.44. The van der Waals surface area contributed by atoms with Crippen molar-refractivity contribution in [3.8, 4) is 0 Å². The van der Waals surface area contributed by atoms with E-state index in [0.29, 0.717) is 11.4 Å². The van der Waals surface area contributed by atoms with Crippen LogP contribution in [-0.4, -0.2) is 11.1 Å². The summed E-state index contributed by atoms with van der Waals surface area (Å²) < 4.78 is 1.15. The molecule has 0 aliphatic rings. The van der Waals surface area contributed by atoms with Crippen LogP contribution < -0.4 is 0 Å². The Kier molecular flexibility index (Phi) is 3.17. The molecular formula is C12H11ClO2S. The number of carboxylic acid groups (broad SMARTS) is 1. The molecule has 1 heterocycles. The maximum absolute atomic E-state index is 10.8. The van der Waals surface area contributed by atoms with Crippen molar-refractivity contribution < 1.29 is 9.90 Å². The van der Waals surface area contributed by atoms with Crippen molar-refractivity contribution in [2.45, 2.75) is 13.3 Å². The fourth-order valence-electron chi connectivity index (χ4n) is 1.63. The highest BCUT2D eigenvalue weighted by molar-refractivity contribution is 7.17. The van der Waals surface area contributed by atoms with E-state index in [1.165, 1.54) is 0 Å². The maximum Gasteiger partial charge on any atom is 0.306 e. The monoisotopic (exact) mass is 254 g/mol. The van der Waals surface area contributed by atoms with Crippen molar-refractivity contribution >= 4 is 39.0 Å². The largest absolute Gasteiger partial charge is 0.481 e. The minimum Gasteiger partial charge on any atom is -0.481 e. The van der Waals surface area contributed by atoms with Crippen LogP contribution in [-0.2, 0) is 11.2 Å². The Hall–Kier alpha value is -1.06. The molecule has 0 aliphatic heterocycles. The third-order valence-electron chi connectivity index (χ3n) is 2.56. The van der Waals surface area contributed by atoms with Crippen LogP contribution in [0.2, 0.25) is 5.02 Å². The number of aliphatic carboxylic acids is 1. The van der Waals surface area contributed by atoms with Gasteiger partial charge in [0.1, 0.15) is 0 Å². The first kappa shape index (κ1) is 11.4. The highest BCUT2D eigenvalue weighted by Gasteiger charge is 2.14. The summed E-state index contributed by atoms with van der Waals surface area (Å²) in [7, 11) is 0. The molecule has 2 rings (SSSR count). The first-order valence-corrected chi connectivity index (χ1v) is 6.22. The number of fused-ring (bicyclic) bond motifs is 1. The Morgan fingerprint density at radius 3 is 3.00 bits per heavy atom. The molecule has 0 amide bonds. The summed E-state index contributed by atoms with van der Waals surface area (Å²) in [5.41, 5.74) is 1.07. The molecule has 1 unspecified atom stereocenters. The van der Waals surface area contributed by atoms with Gasteiger partial charge in [0, 0.05) is 9.72 Å². The van der Waals surface area contributed by atoms with E-state index < -0.39 is 5.97 Å². The summed E-state index contributed by atoms with van der Waals surface area (Å²) in [5.74, 6) is -1.13. The van der Waals surface area contributed by atoms with E-state index in [9.17, 15) is 4.79 Å². The maximum atomic E-state index is 10.8. The molecule has 4 heteroatoms. The minimum absolute atomic E-state index is 0.364. The number of hydrogen-bond donors (Lipinski definition) is 1. The second-order valence-electron chi connectivity index (χ2n) is 3.84. The lowest BCUT2D eigenvalue weighted by molar-refractivity contribution is -0.141. The zero-order chi connectivity index (χ0) is 11.7. The number of hydrogen-bond acceptors (Lipinski definition) is 2. The minimum atomic E-state index is -0.763. The fourth-order valence-corrected chi connectivity index (χ4v) is 2.76. The quantitative estimate of drug-likeness (QED) is 0.904. The molecule has 16 heavy (non-hydrogen) atoms. The van der Waals surface area contributed by atoms with Crippen molar-refractivity contribution in [3.63, 3.8) is 0 Å². The molecule has 1 atom stereocenters. The number of rotatable bonds is 3. The summed E-state index contributed by atoms with van der Waals surface area (Å²) in [6.07, 6.45) is 0.551. The topological polar surface area (TPSA) is 37.3 Å². The van der Waals surface area contributed by atoms with Gasteiger partial charge in [0.05, 0.1) is 5.92 Å². The van der Waals surface area contributed by atoms with Gasteiger partial charge in [0.2, 0.25) is 0 Å². The Bertz CT molecular complexity index is 533. The smallest absolute Gasteiger partial charge is 0.306 e. The number of carbonyl (C=O) groups is 1. The fraction of sp³-hybridized carbons (Fsp3) is 0.250. The Morgan fingerprint density at radius 1 is 1.56 bits per heavy atom. The zero-order valence-electron chi connectivity index (χ0n) is 8.74. The Labute approximate surface area is 102 Å². The summed E-state index contributed by atoms with van der Waals surface area (Å²) in [6.45, 7) is 1.72. The number of thiophene rings is 1. The number of carboxylic acids is 1. The molecule has 1 aromatic carbocycles. The van der Waals surface area contributed by atoms with Crippen molar-refractivity contribution in [2.75, 3.05) is 0 Å². The molecule has 0 aliphatic carbocycles. The Balaban J connectivity index is 2.37. The molecule has 0 radical (unpaired) electrons. The highest BCUT2D eigenvalue weighted by Crippen LogP contribution is 2.30. The standard InChI is InChI=1S/C12H11ClO2S/c1-7(12(14)15)4-8-6-16-11-3-2-9(13)5-10(8)11/h2-3,5-7H,4H2,1H3,(H,14,15). The lowest BCUT2D eigenvalue weighted by atomic mass is 10.0. The van der Waals surface area contributed by atoms with Crippen molar-refractivity contribution in [2.24, 2.45) is 5.92 Å². The van der Waals surface area contributed by atoms with E-state index in [4.69, 9.17) is 16.7 Å². The average molecular weight is 255 g/mol. The predicted octanol–water partition coefficient (Wildman–Crippen LogP) is 3.82. The van der Waals surface area contributed by atoms with Crippen LogP contribution in [0, 0.1) is 5.92 Å². The van der Waals surface area contributed by atoms with Crippen LogP contribution >= 0.6 is 22.9 Å². The molecular weight excluding hydrogens is 244 g/mol. The molecule has 2 nitrogen and oxygen atoms in total. The van der Waals surface area contributed by atoms with Gasteiger partial charge < -0.3 is 5.11 Å². The van der Waals surface area contributed by atoms with E-state index >= 15 is 0 Å². The summed E-state index contributed by atoms with van der Waals surface area (Å²) >= 11 is 7.56. The van der Waals surface area contributed by atoms with Gasteiger partial charge in [-0.05, 0) is 40.9 Å². The third-order valence-corrected chi connectivity index (χ3v) is 3.81. The van der Waals surface area contributed by atoms with Gasteiger partial charge in [-0.1, -0.05) is 18.5 Å². The zero-order valence-corrected chi connectivity index (χ0v) is 10.3. The normalized spacial score (nSPS) is 12.9. The van der Waals surface area contributed by atoms with Crippen molar-refractivity contribution in [1.82, 2.24) is 0 Å². The van der Waals surface area contributed by atoms with Gasteiger partial charge in [-0.2, -0.15) is 0 Å². The molecule has 1 N–H and O–H groups in total. The molecule has 0 saturated carbocycles. The van der Waals surface area contributed by atoms with Crippen LogP contribution in [0.4, 0.5) is 0 Å². The van der Waals surface area contributed by atoms with E-state index in [2.05, 4.69) is 0 Å². The lowest BCUT2D eigenvalue weighted by Crippen LogP contribution is -2.11.